The van der Waals surface area contributed by atoms with Crippen LogP contribution in [-0.2, 0) is 0 Å². The maximum atomic E-state index is 10.1. The van der Waals surface area contributed by atoms with Gasteiger partial charge in [-0.25, -0.2) is 0 Å². The van der Waals surface area contributed by atoms with E-state index in [1.807, 2.05) is 0 Å². The highest BCUT2D eigenvalue weighted by molar-refractivity contribution is 5.26. The maximum Gasteiger partial charge on any atom is 0.0543 e. The summed E-state index contributed by atoms with van der Waals surface area (Å²) in [6, 6.07) is 0. The molecular formula is C22H32O. The Kier molecular flexibility index (Phi) is 3.19. The van der Waals surface area contributed by atoms with Crippen molar-refractivity contribution >= 4 is 0 Å². The smallest absolute Gasteiger partial charge is 0.0543 e. The van der Waals surface area contributed by atoms with E-state index in [9.17, 15) is 5.11 Å². The van der Waals surface area contributed by atoms with Crippen molar-refractivity contribution in [2.45, 2.75) is 70.8 Å². The third-order valence-corrected chi connectivity index (χ3v) is 9.15. The molecule has 1 N–H and O–H groups in total. The fourth-order valence-electron chi connectivity index (χ4n) is 8.04. The van der Waals surface area contributed by atoms with E-state index < -0.39 is 0 Å². The van der Waals surface area contributed by atoms with Gasteiger partial charge in [0.15, 0.2) is 0 Å². The van der Waals surface area contributed by atoms with Gasteiger partial charge in [-0.3, -0.25) is 0 Å². The molecule has 23 heavy (non-hydrogen) atoms. The molecule has 0 bridgehead atoms. The van der Waals surface area contributed by atoms with Crippen molar-refractivity contribution in [2.24, 2.45) is 40.4 Å². The monoisotopic (exact) mass is 312 g/mol. The van der Waals surface area contributed by atoms with Crippen LogP contribution >= 0.6 is 0 Å². The summed E-state index contributed by atoms with van der Waals surface area (Å²) in [7, 11) is 0. The standard InChI is InChI=1S/C22H32O/c1-21-12-9-17(23)14-16(21)5-7-18-19(21)10-13-22-11-3-2-4-15(22)6-8-20(18)22/h2-4,11,15-20,23H,5-10,12-14H2,1H3/t15-,16-,17+,18?,19?,20?,21-,22+/m0/s1. The van der Waals surface area contributed by atoms with Crippen LogP contribution in [0.2, 0.25) is 0 Å². The molecule has 5 rings (SSSR count). The van der Waals surface area contributed by atoms with Gasteiger partial charge in [0.05, 0.1) is 6.10 Å². The van der Waals surface area contributed by atoms with Gasteiger partial charge in [-0.05, 0) is 98.2 Å². The second-order valence-corrected chi connectivity index (χ2v) is 9.66. The van der Waals surface area contributed by atoms with Crippen LogP contribution in [0.25, 0.3) is 0 Å². The van der Waals surface area contributed by atoms with Crippen molar-refractivity contribution in [2.75, 3.05) is 0 Å². The molecule has 0 aromatic rings. The summed E-state index contributed by atoms with van der Waals surface area (Å²) in [6.07, 6.45) is 21.8. The molecule has 5 aliphatic rings. The summed E-state index contributed by atoms with van der Waals surface area (Å²) in [4.78, 5) is 0. The molecule has 0 aliphatic heterocycles. The minimum absolute atomic E-state index is 0.0122. The molecule has 0 aromatic carbocycles. The second-order valence-electron chi connectivity index (χ2n) is 9.66. The lowest BCUT2D eigenvalue weighted by Gasteiger charge is -2.61. The SMILES string of the molecule is C[C@]12CC[C@@H](O)C[C@@H]1CCC1C3CC[C@@H]4C=CC=C[C@]34CCC12. The van der Waals surface area contributed by atoms with Crippen LogP contribution < -0.4 is 0 Å². The molecule has 4 fully saturated rings. The Balaban J connectivity index is 1.47. The maximum absolute atomic E-state index is 10.1. The summed E-state index contributed by atoms with van der Waals surface area (Å²) in [5.41, 5.74) is 1.04. The first-order valence-electron chi connectivity index (χ1n) is 10.2. The van der Waals surface area contributed by atoms with Crippen molar-refractivity contribution in [1.82, 2.24) is 0 Å². The number of aliphatic hydroxyl groups excluding tert-OH is 1. The highest BCUT2D eigenvalue weighted by Gasteiger charge is 2.60. The van der Waals surface area contributed by atoms with E-state index in [0.29, 0.717) is 10.8 Å². The van der Waals surface area contributed by atoms with Crippen molar-refractivity contribution < 1.29 is 5.11 Å². The first-order valence-corrected chi connectivity index (χ1v) is 10.2. The van der Waals surface area contributed by atoms with Gasteiger partial charge < -0.3 is 5.11 Å². The van der Waals surface area contributed by atoms with Gasteiger partial charge in [0.1, 0.15) is 0 Å². The summed E-state index contributed by atoms with van der Waals surface area (Å²) in [5.74, 6) is 4.46. The van der Waals surface area contributed by atoms with Crippen LogP contribution in [-0.4, -0.2) is 11.2 Å². The minimum Gasteiger partial charge on any atom is -0.393 e. The van der Waals surface area contributed by atoms with Gasteiger partial charge in [-0.15, -0.1) is 0 Å². The lowest BCUT2D eigenvalue weighted by Crippen LogP contribution is -2.54. The average molecular weight is 312 g/mol. The molecule has 1 heteroatoms. The van der Waals surface area contributed by atoms with E-state index in [2.05, 4.69) is 31.2 Å². The Morgan fingerprint density at radius 2 is 1.83 bits per heavy atom. The van der Waals surface area contributed by atoms with Gasteiger partial charge in [0.25, 0.3) is 0 Å². The zero-order valence-electron chi connectivity index (χ0n) is 14.6. The van der Waals surface area contributed by atoms with Crippen LogP contribution in [0.5, 0.6) is 0 Å². The lowest BCUT2D eigenvalue weighted by molar-refractivity contribution is -0.119. The number of aliphatic hydroxyl groups is 1. The molecular weight excluding hydrogens is 280 g/mol. The Hall–Kier alpha value is -0.560. The number of rotatable bonds is 0. The van der Waals surface area contributed by atoms with Crippen LogP contribution in [0.4, 0.5) is 0 Å². The van der Waals surface area contributed by atoms with E-state index in [4.69, 9.17) is 0 Å². The third kappa shape index (κ3) is 1.89. The Morgan fingerprint density at radius 3 is 2.74 bits per heavy atom. The third-order valence-electron chi connectivity index (χ3n) is 9.15. The highest BCUT2D eigenvalue weighted by Crippen LogP contribution is 2.68. The Morgan fingerprint density at radius 1 is 0.913 bits per heavy atom. The van der Waals surface area contributed by atoms with Gasteiger partial charge in [0, 0.05) is 0 Å². The predicted octanol–water partition coefficient (Wildman–Crippen LogP) is 5.11. The van der Waals surface area contributed by atoms with Crippen LogP contribution in [0, 0.1) is 40.4 Å². The summed E-state index contributed by atoms with van der Waals surface area (Å²) < 4.78 is 0. The molecule has 0 amide bonds. The van der Waals surface area contributed by atoms with E-state index in [1.165, 1.54) is 44.9 Å². The molecule has 4 saturated carbocycles. The van der Waals surface area contributed by atoms with Gasteiger partial charge in [-0.1, -0.05) is 31.2 Å². The molecule has 0 aromatic heterocycles. The molecule has 8 atom stereocenters. The van der Waals surface area contributed by atoms with Crippen LogP contribution in [0.15, 0.2) is 24.3 Å². The molecule has 0 heterocycles. The number of fused-ring (bicyclic) bond motifs is 4. The minimum atomic E-state index is -0.0122. The quantitative estimate of drug-likeness (QED) is 0.659. The van der Waals surface area contributed by atoms with E-state index in [0.717, 1.165) is 42.4 Å². The van der Waals surface area contributed by atoms with Gasteiger partial charge >= 0.3 is 0 Å². The van der Waals surface area contributed by atoms with E-state index >= 15 is 0 Å². The highest BCUT2D eigenvalue weighted by atomic mass is 16.3. The molecule has 1 spiro atoms. The largest absolute Gasteiger partial charge is 0.393 e. The summed E-state index contributed by atoms with van der Waals surface area (Å²) >= 11 is 0. The van der Waals surface area contributed by atoms with E-state index in [-0.39, 0.29) is 6.10 Å². The number of hydrogen-bond donors (Lipinski definition) is 1. The zero-order chi connectivity index (χ0) is 15.7. The normalized spacial score (nSPS) is 57.3. The van der Waals surface area contributed by atoms with E-state index in [1.54, 1.807) is 0 Å². The molecule has 3 unspecified atom stereocenters. The molecule has 0 radical (unpaired) electrons. The molecule has 1 nitrogen and oxygen atoms in total. The van der Waals surface area contributed by atoms with Gasteiger partial charge in [0.2, 0.25) is 0 Å². The number of allylic oxidation sites excluding steroid dienone is 4. The molecule has 126 valence electrons. The Labute approximate surface area is 141 Å². The number of hydrogen-bond acceptors (Lipinski definition) is 1. The second kappa shape index (κ2) is 4.97. The summed E-state index contributed by atoms with van der Waals surface area (Å²) in [5, 5.41) is 10.1. The zero-order valence-corrected chi connectivity index (χ0v) is 14.6. The fourth-order valence-corrected chi connectivity index (χ4v) is 8.04. The average Bonchev–Trinajstić information content (AvgIpc) is 2.95. The molecule has 5 aliphatic carbocycles. The first-order chi connectivity index (χ1) is 11.1. The van der Waals surface area contributed by atoms with Gasteiger partial charge in [-0.2, -0.15) is 0 Å². The van der Waals surface area contributed by atoms with Crippen LogP contribution in [0.1, 0.15) is 64.7 Å². The van der Waals surface area contributed by atoms with Crippen molar-refractivity contribution in [3.05, 3.63) is 24.3 Å². The van der Waals surface area contributed by atoms with Crippen LogP contribution in [0.3, 0.4) is 0 Å². The van der Waals surface area contributed by atoms with Crippen molar-refractivity contribution in [1.29, 1.82) is 0 Å². The summed E-state index contributed by atoms with van der Waals surface area (Å²) in [6.45, 7) is 2.60. The first kappa shape index (κ1) is 14.8. The fraction of sp³-hybridized carbons (Fsp3) is 0.818. The Bertz CT molecular complexity index is 548. The lowest BCUT2D eigenvalue weighted by atomic mass is 9.44. The predicted molar refractivity (Wildman–Crippen MR) is 93.8 cm³/mol. The molecule has 0 saturated heterocycles. The van der Waals surface area contributed by atoms with Crippen molar-refractivity contribution in [3.8, 4) is 0 Å². The van der Waals surface area contributed by atoms with Crippen molar-refractivity contribution in [3.63, 3.8) is 0 Å². The topological polar surface area (TPSA) is 20.2 Å².